The number of hydrogen-bond acceptors (Lipinski definition) is 6. The van der Waals surface area contributed by atoms with Gasteiger partial charge in [0.2, 0.25) is 0 Å². The normalized spacial score (nSPS) is 11.2. The Hall–Kier alpha value is -3.19. The number of benzene rings is 1. The lowest BCUT2D eigenvalue weighted by Crippen LogP contribution is -2.06. The molecule has 6 nitrogen and oxygen atoms in total. The molecule has 0 saturated heterocycles. The number of ketones is 1. The van der Waals surface area contributed by atoms with Crippen molar-refractivity contribution in [1.29, 1.82) is 0 Å². The van der Waals surface area contributed by atoms with Crippen LogP contribution in [-0.4, -0.2) is 33.4 Å². The zero-order valence-electron chi connectivity index (χ0n) is 17.1. The van der Waals surface area contributed by atoms with Crippen molar-refractivity contribution in [3.8, 4) is 22.9 Å². The van der Waals surface area contributed by atoms with E-state index in [0.717, 1.165) is 17.7 Å². The molecule has 0 aliphatic heterocycles. The fourth-order valence-electron chi connectivity index (χ4n) is 3.08. The molecule has 0 saturated carbocycles. The molecule has 1 N–H and O–H groups in total. The van der Waals surface area contributed by atoms with Crippen LogP contribution in [0.1, 0.15) is 36.7 Å². The number of H-pyrrole nitrogens is 1. The first-order valence-electron chi connectivity index (χ1n) is 9.80. The van der Waals surface area contributed by atoms with Gasteiger partial charge in [-0.15, -0.1) is 0 Å². The Balaban J connectivity index is 1.63. The van der Waals surface area contributed by atoms with E-state index in [1.807, 2.05) is 32.0 Å². The summed E-state index contributed by atoms with van der Waals surface area (Å²) in [5.41, 5.74) is 3.91. The van der Waals surface area contributed by atoms with Crippen LogP contribution in [0.5, 0.6) is 11.5 Å². The number of aromatic nitrogens is 3. The molecular formula is C23H23N3O3S. The molecule has 30 heavy (non-hydrogen) atoms. The quantitative estimate of drug-likeness (QED) is 0.391. The van der Waals surface area contributed by atoms with Gasteiger partial charge < -0.3 is 14.5 Å². The Morgan fingerprint density at radius 2 is 2.03 bits per heavy atom. The van der Waals surface area contributed by atoms with Crippen molar-refractivity contribution >= 4 is 28.3 Å². The first kappa shape index (κ1) is 20.1. The lowest BCUT2D eigenvalue weighted by Gasteiger charge is -2.13. The lowest BCUT2D eigenvalue weighted by atomic mass is 10.2. The SMILES string of the molecule is CC(=O)c1cnc2[nH]c(-c3cc(OCCc4ccsc4)cc(OC(C)C)c3)nc2c1. The Labute approximate surface area is 178 Å². The molecule has 4 aromatic rings. The molecule has 1 aromatic carbocycles. The second-order valence-corrected chi connectivity index (χ2v) is 8.10. The molecular weight excluding hydrogens is 398 g/mol. The number of rotatable bonds is 8. The van der Waals surface area contributed by atoms with Crippen LogP contribution < -0.4 is 9.47 Å². The number of nitrogens with one attached hydrogen (secondary N) is 1. The molecule has 0 aliphatic rings. The summed E-state index contributed by atoms with van der Waals surface area (Å²) in [6, 6.07) is 9.61. The van der Waals surface area contributed by atoms with Crippen LogP contribution in [0, 0.1) is 0 Å². The van der Waals surface area contributed by atoms with Crippen molar-refractivity contribution in [3.05, 3.63) is 58.4 Å². The van der Waals surface area contributed by atoms with Gasteiger partial charge in [-0.2, -0.15) is 11.3 Å². The van der Waals surface area contributed by atoms with Crippen LogP contribution in [0.15, 0.2) is 47.3 Å². The van der Waals surface area contributed by atoms with E-state index in [1.54, 1.807) is 23.6 Å². The van der Waals surface area contributed by atoms with Gasteiger partial charge in [0.05, 0.1) is 12.7 Å². The van der Waals surface area contributed by atoms with Crippen molar-refractivity contribution in [2.45, 2.75) is 33.3 Å². The molecule has 0 bridgehead atoms. The molecule has 0 fully saturated rings. The average molecular weight is 422 g/mol. The third-order valence-corrected chi connectivity index (χ3v) is 5.24. The third-order valence-electron chi connectivity index (χ3n) is 4.51. The van der Waals surface area contributed by atoms with Crippen molar-refractivity contribution in [2.24, 2.45) is 0 Å². The highest BCUT2D eigenvalue weighted by atomic mass is 32.1. The van der Waals surface area contributed by atoms with Crippen molar-refractivity contribution < 1.29 is 14.3 Å². The van der Waals surface area contributed by atoms with E-state index in [4.69, 9.17) is 9.47 Å². The van der Waals surface area contributed by atoms with E-state index >= 15 is 0 Å². The highest BCUT2D eigenvalue weighted by Gasteiger charge is 2.12. The average Bonchev–Trinajstić information content (AvgIpc) is 3.36. The zero-order chi connectivity index (χ0) is 21.1. The molecule has 3 heterocycles. The number of nitrogens with zero attached hydrogens (tertiary/aromatic N) is 2. The van der Waals surface area contributed by atoms with Crippen LogP contribution in [0.3, 0.4) is 0 Å². The monoisotopic (exact) mass is 421 g/mol. The van der Waals surface area contributed by atoms with E-state index < -0.39 is 0 Å². The van der Waals surface area contributed by atoms with E-state index in [0.29, 0.717) is 34.9 Å². The molecule has 0 spiro atoms. The molecule has 0 aliphatic carbocycles. The second kappa shape index (κ2) is 8.67. The maximum absolute atomic E-state index is 11.6. The zero-order valence-corrected chi connectivity index (χ0v) is 18.0. The topological polar surface area (TPSA) is 77.1 Å². The highest BCUT2D eigenvalue weighted by Crippen LogP contribution is 2.30. The van der Waals surface area contributed by atoms with Gasteiger partial charge in [0, 0.05) is 29.8 Å². The molecule has 0 radical (unpaired) electrons. The Kier molecular flexibility index (Phi) is 5.81. The number of ether oxygens (including phenoxy) is 2. The summed E-state index contributed by atoms with van der Waals surface area (Å²) >= 11 is 1.68. The molecule has 4 rings (SSSR count). The summed E-state index contributed by atoms with van der Waals surface area (Å²) in [7, 11) is 0. The first-order chi connectivity index (χ1) is 14.5. The predicted molar refractivity (Wildman–Crippen MR) is 119 cm³/mol. The Bertz CT molecular complexity index is 1170. The second-order valence-electron chi connectivity index (χ2n) is 7.32. The number of imidazole rings is 1. The van der Waals surface area contributed by atoms with Crippen LogP contribution in [-0.2, 0) is 6.42 Å². The highest BCUT2D eigenvalue weighted by molar-refractivity contribution is 7.07. The maximum atomic E-state index is 11.6. The summed E-state index contributed by atoms with van der Waals surface area (Å²) in [5, 5.41) is 4.20. The standard InChI is InChI=1S/C23H23N3O3S/c1-14(2)29-20-9-17(8-19(11-20)28-6-4-16-5-7-30-13-16)22-25-21-10-18(15(3)27)12-24-23(21)26-22/h5,7-14H,4,6H2,1-3H3,(H,24,25,26). The largest absolute Gasteiger partial charge is 0.493 e. The molecule has 0 atom stereocenters. The molecule has 7 heteroatoms. The molecule has 154 valence electrons. The third kappa shape index (κ3) is 4.68. The summed E-state index contributed by atoms with van der Waals surface area (Å²) in [6.07, 6.45) is 2.44. The molecule has 0 unspecified atom stereocenters. The number of pyridine rings is 1. The fourth-order valence-corrected chi connectivity index (χ4v) is 3.78. The summed E-state index contributed by atoms with van der Waals surface area (Å²) in [5.74, 6) is 2.04. The number of fused-ring (bicyclic) bond motifs is 1. The lowest BCUT2D eigenvalue weighted by molar-refractivity contribution is 0.101. The molecule has 0 amide bonds. The number of Topliss-reactive ketones (excluding diaryl/α,β-unsaturated/α-hetero) is 1. The van der Waals surface area contributed by atoms with Crippen LogP contribution in [0.4, 0.5) is 0 Å². The van der Waals surface area contributed by atoms with Gasteiger partial charge in [-0.3, -0.25) is 4.79 Å². The minimum absolute atomic E-state index is 0.0365. The van der Waals surface area contributed by atoms with Crippen LogP contribution in [0.2, 0.25) is 0 Å². The van der Waals surface area contributed by atoms with E-state index in [1.165, 1.54) is 12.5 Å². The van der Waals surface area contributed by atoms with E-state index in [-0.39, 0.29) is 11.9 Å². The number of carbonyl (C=O) groups excluding carboxylic acids is 1. The summed E-state index contributed by atoms with van der Waals surface area (Å²) in [4.78, 5) is 23.8. The van der Waals surface area contributed by atoms with Crippen LogP contribution in [0.25, 0.3) is 22.6 Å². The fraction of sp³-hybridized carbons (Fsp3) is 0.261. The van der Waals surface area contributed by atoms with Gasteiger partial charge in [-0.25, -0.2) is 9.97 Å². The minimum atomic E-state index is -0.0393. The predicted octanol–water partition coefficient (Wildman–Crippen LogP) is 5.30. The Morgan fingerprint density at radius 3 is 2.77 bits per heavy atom. The van der Waals surface area contributed by atoms with Crippen molar-refractivity contribution in [1.82, 2.24) is 15.0 Å². The first-order valence-corrected chi connectivity index (χ1v) is 10.7. The van der Waals surface area contributed by atoms with Crippen molar-refractivity contribution in [2.75, 3.05) is 6.61 Å². The van der Waals surface area contributed by atoms with Gasteiger partial charge in [-0.05, 0) is 61.4 Å². The van der Waals surface area contributed by atoms with Gasteiger partial charge in [0.15, 0.2) is 11.4 Å². The molecule has 3 aromatic heterocycles. The van der Waals surface area contributed by atoms with Gasteiger partial charge in [0.25, 0.3) is 0 Å². The summed E-state index contributed by atoms with van der Waals surface area (Å²) < 4.78 is 11.9. The maximum Gasteiger partial charge on any atom is 0.161 e. The smallest absolute Gasteiger partial charge is 0.161 e. The number of aromatic amines is 1. The van der Waals surface area contributed by atoms with Crippen molar-refractivity contribution in [3.63, 3.8) is 0 Å². The summed E-state index contributed by atoms with van der Waals surface area (Å²) in [6.45, 7) is 6.06. The van der Waals surface area contributed by atoms with Crippen LogP contribution >= 0.6 is 11.3 Å². The van der Waals surface area contributed by atoms with Gasteiger partial charge in [0.1, 0.15) is 22.8 Å². The number of hydrogen-bond donors (Lipinski definition) is 1. The number of carbonyl (C=O) groups is 1. The Morgan fingerprint density at radius 1 is 1.20 bits per heavy atom. The van der Waals surface area contributed by atoms with E-state index in [2.05, 4.69) is 31.8 Å². The minimum Gasteiger partial charge on any atom is -0.493 e. The van der Waals surface area contributed by atoms with Gasteiger partial charge >= 0.3 is 0 Å². The van der Waals surface area contributed by atoms with Gasteiger partial charge in [-0.1, -0.05) is 0 Å². The van der Waals surface area contributed by atoms with E-state index in [9.17, 15) is 4.79 Å². The number of thiophene rings is 1.